The highest BCUT2D eigenvalue weighted by molar-refractivity contribution is 6.32. The average molecular weight is 497 g/mol. The first kappa shape index (κ1) is 24.4. The molecule has 1 fully saturated rings. The van der Waals surface area contributed by atoms with E-state index >= 15 is 0 Å². The fourth-order valence-electron chi connectivity index (χ4n) is 3.29. The number of aromatic nitrogens is 2. The predicted molar refractivity (Wildman–Crippen MR) is 130 cm³/mol. The van der Waals surface area contributed by atoms with E-state index in [2.05, 4.69) is 15.3 Å². The smallest absolute Gasteiger partial charge is 0.257 e. The van der Waals surface area contributed by atoms with Crippen molar-refractivity contribution in [1.29, 1.82) is 0 Å². The molecule has 0 unspecified atom stereocenters. The number of amides is 2. The zero-order valence-corrected chi connectivity index (χ0v) is 20.1. The second-order valence-electron chi connectivity index (χ2n) is 8.19. The number of nitrogens with zero attached hydrogens (tertiary/aromatic N) is 3. The van der Waals surface area contributed by atoms with Gasteiger partial charge in [-0.25, -0.2) is 4.98 Å². The lowest BCUT2D eigenvalue weighted by Gasteiger charge is -2.31. The Morgan fingerprint density at radius 2 is 1.89 bits per heavy atom. The summed E-state index contributed by atoms with van der Waals surface area (Å²) in [6, 6.07) is 9.48. The fraction of sp³-hybridized carbons (Fsp3) is 0.280. The summed E-state index contributed by atoms with van der Waals surface area (Å²) in [5.74, 6) is 0.702. The maximum Gasteiger partial charge on any atom is 0.257 e. The van der Waals surface area contributed by atoms with Crippen molar-refractivity contribution < 1.29 is 24.2 Å². The van der Waals surface area contributed by atoms with Crippen molar-refractivity contribution in [2.24, 2.45) is 0 Å². The van der Waals surface area contributed by atoms with Crippen molar-refractivity contribution in [3.8, 4) is 17.2 Å². The SMILES string of the molecule is Cc1cnc(NC(=O)c2cc(Oc3ccc(C(=O)N4CCC4)cc3Cl)cc(O[C@@H](C)CO)c2)cn1. The number of ether oxygens (including phenoxy) is 2. The number of rotatable bonds is 8. The van der Waals surface area contributed by atoms with Gasteiger partial charge in [-0.3, -0.25) is 14.6 Å². The van der Waals surface area contributed by atoms with Gasteiger partial charge in [-0.05, 0) is 50.6 Å². The third-order valence-corrected chi connectivity index (χ3v) is 5.60. The number of aliphatic hydroxyl groups excluding tert-OH is 1. The Labute approximate surface area is 207 Å². The van der Waals surface area contributed by atoms with E-state index in [-0.39, 0.29) is 28.8 Å². The maximum absolute atomic E-state index is 12.9. The molecule has 0 aliphatic carbocycles. The molecule has 3 aromatic rings. The lowest BCUT2D eigenvalue weighted by Crippen LogP contribution is -2.41. The quantitative estimate of drug-likeness (QED) is 0.482. The molecular formula is C25H25ClN4O5. The number of likely N-dealkylation sites (tertiary alicyclic amines) is 1. The second-order valence-corrected chi connectivity index (χ2v) is 8.60. The van der Waals surface area contributed by atoms with Gasteiger partial charge < -0.3 is 24.8 Å². The Bertz CT molecular complexity index is 1230. The Morgan fingerprint density at radius 1 is 1.11 bits per heavy atom. The minimum Gasteiger partial charge on any atom is -0.488 e. The Hall–Kier alpha value is -3.69. The van der Waals surface area contributed by atoms with Gasteiger partial charge in [-0.15, -0.1) is 0 Å². The number of aryl methyl sites for hydroxylation is 1. The summed E-state index contributed by atoms with van der Waals surface area (Å²) in [4.78, 5) is 35.3. The molecule has 0 radical (unpaired) electrons. The number of aliphatic hydroxyl groups is 1. The molecule has 1 saturated heterocycles. The molecule has 1 atom stereocenters. The average Bonchev–Trinajstić information content (AvgIpc) is 2.80. The van der Waals surface area contributed by atoms with E-state index in [4.69, 9.17) is 21.1 Å². The first-order valence-corrected chi connectivity index (χ1v) is 11.5. The summed E-state index contributed by atoms with van der Waals surface area (Å²) >= 11 is 6.40. The first-order chi connectivity index (χ1) is 16.8. The van der Waals surface area contributed by atoms with Crippen LogP contribution in [0, 0.1) is 6.92 Å². The van der Waals surface area contributed by atoms with Gasteiger partial charge in [0.05, 0.1) is 29.7 Å². The van der Waals surface area contributed by atoms with Crippen LogP contribution in [-0.4, -0.2) is 57.6 Å². The van der Waals surface area contributed by atoms with Crippen molar-refractivity contribution in [2.45, 2.75) is 26.4 Å². The third kappa shape index (κ3) is 6.06. The maximum atomic E-state index is 12.9. The van der Waals surface area contributed by atoms with Crippen LogP contribution in [0.1, 0.15) is 39.8 Å². The summed E-state index contributed by atoms with van der Waals surface area (Å²) < 4.78 is 11.7. The van der Waals surface area contributed by atoms with Crippen LogP contribution in [0.3, 0.4) is 0 Å². The van der Waals surface area contributed by atoms with E-state index < -0.39 is 12.0 Å². The molecule has 0 saturated carbocycles. The number of nitrogens with one attached hydrogen (secondary N) is 1. The van der Waals surface area contributed by atoms with E-state index in [9.17, 15) is 14.7 Å². The number of benzene rings is 2. The molecule has 1 aliphatic rings. The summed E-state index contributed by atoms with van der Waals surface area (Å²) in [6.45, 7) is 4.77. The van der Waals surface area contributed by atoms with E-state index in [0.717, 1.165) is 25.2 Å². The van der Waals surface area contributed by atoms with Crippen LogP contribution in [0.25, 0.3) is 0 Å². The molecule has 4 rings (SSSR count). The minimum absolute atomic E-state index is 0.0729. The standard InChI is InChI=1S/C25H25ClN4O5/c1-15-12-28-23(13-27-15)29-24(32)18-8-19(34-16(2)14-31)11-20(9-18)35-22-5-4-17(10-21(22)26)25(33)30-6-3-7-30/h4-5,8-13,16,31H,3,6-7,14H2,1-2H3,(H,28,29,32)/t16-/m0/s1. The third-order valence-electron chi connectivity index (χ3n) is 5.31. The molecule has 1 aliphatic heterocycles. The summed E-state index contributed by atoms with van der Waals surface area (Å²) in [5.41, 5.74) is 1.45. The van der Waals surface area contributed by atoms with Crippen molar-refractivity contribution in [2.75, 3.05) is 25.0 Å². The monoisotopic (exact) mass is 496 g/mol. The molecule has 2 heterocycles. The molecule has 2 amide bonds. The molecule has 1 aromatic heterocycles. The van der Waals surface area contributed by atoms with Crippen LogP contribution in [-0.2, 0) is 0 Å². The van der Waals surface area contributed by atoms with Crippen molar-refractivity contribution in [3.63, 3.8) is 0 Å². The van der Waals surface area contributed by atoms with E-state index in [1.54, 1.807) is 49.2 Å². The molecule has 35 heavy (non-hydrogen) atoms. The molecule has 2 N–H and O–H groups in total. The molecule has 2 aromatic carbocycles. The number of carbonyl (C=O) groups excluding carboxylic acids is 2. The van der Waals surface area contributed by atoms with E-state index in [1.807, 2.05) is 0 Å². The van der Waals surface area contributed by atoms with Crippen molar-refractivity contribution >= 4 is 29.2 Å². The summed E-state index contributed by atoms with van der Waals surface area (Å²) in [5, 5.41) is 12.3. The molecule has 182 valence electrons. The van der Waals surface area contributed by atoms with Gasteiger partial charge in [0.25, 0.3) is 11.8 Å². The van der Waals surface area contributed by atoms with Crippen molar-refractivity contribution in [1.82, 2.24) is 14.9 Å². The van der Waals surface area contributed by atoms with Gasteiger partial charge in [0, 0.05) is 30.3 Å². The largest absolute Gasteiger partial charge is 0.488 e. The highest BCUT2D eigenvalue weighted by atomic mass is 35.5. The molecule has 9 nitrogen and oxygen atoms in total. The summed E-state index contributed by atoms with van der Waals surface area (Å²) in [7, 11) is 0. The molecule has 0 bridgehead atoms. The van der Waals surface area contributed by atoms with Crippen LogP contribution in [0.5, 0.6) is 17.2 Å². The topological polar surface area (TPSA) is 114 Å². The van der Waals surface area contributed by atoms with Crippen LogP contribution in [0.15, 0.2) is 48.8 Å². The van der Waals surface area contributed by atoms with Crippen LogP contribution in [0.2, 0.25) is 5.02 Å². The number of halogens is 1. The van der Waals surface area contributed by atoms with Crippen LogP contribution in [0.4, 0.5) is 5.82 Å². The Balaban J connectivity index is 1.58. The molecule has 10 heteroatoms. The zero-order valence-electron chi connectivity index (χ0n) is 19.3. The molecule has 0 spiro atoms. The number of anilines is 1. The Morgan fingerprint density at radius 3 is 2.51 bits per heavy atom. The van der Waals surface area contributed by atoms with E-state index in [0.29, 0.717) is 22.9 Å². The lowest BCUT2D eigenvalue weighted by atomic mass is 10.1. The van der Waals surface area contributed by atoms with Crippen LogP contribution >= 0.6 is 11.6 Å². The summed E-state index contributed by atoms with van der Waals surface area (Å²) in [6.07, 6.45) is 3.51. The van der Waals surface area contributed by atoms with Gasteiger partial charge in [-0.1, -0.05) is 11.6 Å². The lowest BCUT2D eigenvalue weighted by molar-refractivity contribution is 0.0651. The van der Waals surface area contributed by atoms with Gasteiger partial charge in [-0.2, -0.15) is 0 Å². The van der Waals surface area contributed by atoms with Gasteiger partial charge in [0.1, 0.15) is 23.4 Å². The van der Waals surface area contributed by atoms with Gasteiger partial charge in [0.15, 0.2) is 5.82 Å². The van der Waals surface area contributed by atoms with Gasteiger partial charge >= 0.3 is 0 Å². The Kier molecular flexibility index (Phi) is 7.48. The molecular weight excluding hydrogens is 472 g/mol. The van der Waals surface area contributed by atoms with E-state index in [1.165, 1.54) is 18.3 Å². The first-order valence-electron chi connectivity index (χ1n) is 11.1. The highest BCUT2D eigenvalue weighted by Crippen LogP contribution is 2.33. The van der Waals surface area contributed by atoms with Crippen LogP contribution < -0.4 is 14.8 Å². The fourth-order valence-corrected chi connectivity index (χ4v) is 3.51. The highest BCUT2D eigenvalue weighted by Gasteiger charge is 2.22. The number of hydrogen-bond donors (Lipinski definition) is 2. The normalized spacial score (nSPS) is 13.5. The number of carbonyl (C=O) groups is 2. The predicted octanol–water partition coefficient (Wildman–Crippen LogP) is 4.09. The second kappa shape index (κ2) is 10.7. The zero-order chi connectivity index (χ0) is 24.9. The minimum atomic E-state index is -0.500. The van der Waals surface area contributed by atoms with Crippen molar-refractivity contribution in [3.05, 3.63) is 70.6 Å². The van der Waals surface area contributed by atoms with Gasteiger partial charge in [0.2, 0.25) is 0 Å². The number of hydrogen-bond acceptors (Lipinski definition) is 7.